The van der Waals surface area contributed by atoms with E-state index in [0.29, 0.717) is 15.8 Å². The average molecular weight is 558 g/mol. The molecule has 4 rings (SSSR count). The zero-order valence-electron chi connectivity index (χ0n) is 20.4. The molecule has 0 spiro atoms. The summed E-state index contributed by atoms with van der Waals surface area (Å²) >= 11 is 12.0. The average Bonchev–Trinajstić information content (AvgIpc) is 3.09. The quantitative estimate of drug-likeness (QED) is 0.454. The van der Waals surface area contributed by atoms with Gasteiger partial charge in [0, 0.05) is 35.4 Å². The molecular weight excluding hydrogens is 530 g/mol. The van der Waals surface area contributed by atoms with Gasteiger partial charge in [0.2, 0.25) is 0 Å². The fraction of sp³-hybridized carbons (Fsp3) is 0.462. The third-order valence-electron chi connectivity index (χ3n) is 6.76. The van der Waals surface area contributed by atoms with Crippen molar-refractivity contribution in [2.75, 3.05) is 11.4 Å². The Balaban J connectivity index is 1.35. The molecule has 0 radical (unpaired) electrons. The molecule has 2 aliphatic heterocycles. The number of rotatable bonds is 7. The van der Waals surface area contributed by atoms with Gasteiger partial charge in [-0.3, -0.25) is 9.59 Å². The number of nitrogens with one attached hydrogen (secondary N) is 2. The second-order valence-corrected chi connectivity index (χ2v) is 10.8. The molecule has 2 bridgehead atoms. The van der Waals surface area contributed by atoms with Crippen molar-refractivity contribution in [3.05, 3.63) is 58.1 Å². The van der Waals surface area contributed by atoms with Crippen LogP contribution in [0.25, 0.3) is 0 Å². The minimum atomic E-state index is -4.46. The zero-order chi connectivity index (χ0) is 27.0. The lowest BCUT2D eigenvalue weighted by molar-refractivity contribution is -0.135. The molecule has 2 amide bonds. The van der Waals surface area contributed by atoms with E-state index in [1.165, 1.54) is 12.1 Å². The maximum absolute atomic E-state index is 13.1. The van der Waals surface area contributed by atoms with Crippen LogP contribution in [-0.4, -0.2) is 48.3 Å². The third kappa shape index (κ3) is 6.62. The van der Waals surface area contributed by atoms with Crippen LogP contribution in [0.2, 0.25) is 10.0 Å². The number of piperidine rings is 1. The molecule has 2 atom stereocenters. The second-order valence-electron chi connectivity index (χ2n) is 9.97. The molecule has 2 aromatic carbocycles. The summed E-state index contributed by atoms with van der Waals surface area (Å²) in [7, 11) is 0. The predicted molar refractivity (Wildman–Crippen MR) is 136 cm³/mol. The maximum atomic E-state index is 13.1. The van der Waals surface area contributed by atoms with Crippen LogP contribution in [0.4, 0.5) is 18.9 Å². The number of nitrogens with zero attached hydrogens (tertiary/aromatic N) is 1. The molecular formula is C26H28Cl2F3N3O3. The number of benzene rings is 2. The van der Waals surface area contributed by atoms with Crippen LogP contribution in [0.15, 0.2) is 42.5 Å². The third-order valence-corrected chi connectivity index (χ3v) is 7.50. The fourth-order valence-corrected chi connectivity index (χ4v) is 5.31. The van der Waals surface area contributed by atoms with E-state index in [0.717, 1.165) is 31.4 Å². The van der Waals surface area contributed by atoms with Gasteiger partial charge in [0.1, 0.15) is 12.3 Å². The lowest BCUT2D eigenvalue weighted by Crippen LogP contribution is -2.55. The van der Waals surface area contributed by atoms with Gasteiger partial charge in [-0.15, -0.1) is 0 Å². The van der Waals surface area contributed by atoms with Gasteiger partial charge in [0.25, 0.3) is 11.8 Å². The van der Waals surface area contributed by atoms with Crippen molar-refractivity contribution in [3.63, 3.8) is 0 Å². The van der Waals surface area contributed by atoms with E-state index >= 15 is 0 Å². The summed E-state index contributed by atoms with van der Waals surface area (Å²) in [5.74, 6) is -0.551. The number of fused-ring (bicyclic) bond motifs is 2. The van der Waals surface area contributed by atoms with E-state index in [1.807, 2.05) is 5.32 Å². The second kappa shape index (κ2) is 10.6. The summed E-state index contributed by atoms with van der Waals surface area (Å²) in [5.41, 5.74) is -0.0461. The number of carbonyl (C=O) groups excluding carboxylic acids is 2. The lowest BCUT2D eigenvalue weighted by Gasteiger charge is -2.41. The first-order chi connectivity index (χ1) is 17.3. The van der Waals surface area contributed by atoms with Crippen LogP contribution in [0.1, 0.15) is 49.9 Å². The Bertz CT molecular complexity index is 1140. The van der Waals surface area contributed by atoms with Gasteiger partial charge in [-0.05, 0) is 75.9 Å². The van der Waals surface area contributed by atoms with E-state index in [4.69, 9.17) is 27.9 Å². The van der Waals surface area contributed by atoms with E-state index in [-0.39, 0.29) is 29.6 Å². The minimum absolute atomic E-state index is 0.0228. The van der Waals surface area contributed by atoms with Crippen molar-refractivity contribution >= 4 is 40.7 Å². The molecule has 2 heterocycles. The lowest BCUT2D eigenvalue weighted by atomic mass is 9.95. The molecule has 0 aromatic heterocycles. The molecule has 2 fully saturated rings. The molecule has 6 nitrogen and oxygen atoms in total. The van der Waals surface area contributed by atoms with E-state index in [9.17, 15) is 22.8 Å². The van der Waals surface area contributed by atoms with Gasteiger partial charge < -0.3 is 20.3 Å². The van der Waals surface area contributed by atoms with Gasteiger partial charge in [-0.1, -0.05) is 23.2 Å². The van der Waals surface area contributed by atoms with Crippen LogP contribution < -0.4 is 20.3 Å². The Kier molecular flexibility index (Phi) is 7.85. The SMILES string of the molecule is CC(C)(Oc1ccc(Cl)c(Cl)c1)C(=O)NC1CC2CCC(C1)N2c1ccc(C(=O)NCC(F)(F)F)cc1. The topological polar surface area (TPSA) is 70.7 Å². The molecule has 2 aromatic rings. The number of hydrogen-bond acceptors (Lipinski definition) is 4. The number of halogens is 5. The Morgan fingerprint density at radius 1 is 1.00 bits per heavy atom. The van der Waals surface area contributed by atoms with E-state index < -0.39 is 24.2 Å². The van der Waals surface area contributed by atoms with Crippen LogP contribution in [-0.2, 0) is 4.79 Å². The molecule has 2 N–H and O–H groups in total. The largest absolute Gasteiger partial charge is 0.478 e. The van der Waals surface area contributed by atoms with Crippen LogP contribution >= 0.6 is 23.2 Å². The highest BCUT2D eigenvalue weighted by atomic mass is 35.5. The molecule has 2 unspecified atom stereocenters. The first-order valence-corrected chi connectivity index (χ1v) is 12.8. The van der Waals surface area contributed by atoms with Gasteiger partial charge in [-0.25, -0.2) is 0 Å². The number of carbonyl (C=O) groups is 2. The Morgan fingerprint density at radius 2 is 1.62 bits per heavy atom. The van der Waals surface area contributed by atoms with Crippen molar-refractivity contribution in [2.24, 2.45) is 0 Å². The normalized spacial score (nSPS) is 21.5. The van der Waals surface area contributed by atoms with Crippen molar-refractivity contribution in [3.8, 4) is 5.75 Å². The molecule has 11 heteroatoms. The van der Waals surface area contributed by atoms with Crippen molar-refractivity contribution in [1.29, 1.82) is 0 Å². The highest BCUT2D eigenvalue weighted by molar-refractivity contribution is 6.42. The Morgan fingerprint density at radius 3 is 2.19 bits per heavy atom. The first kappa shape index (κ1) is 27.4. The van der Waals surface area contributed by atoms with E-state index in [1.54, 1.807) is 44.2 Å². The number of ether oxygens (including phenoxy) is 1. The monoisotopic (exact) mass is 557 g/mol. The highest BCUT2D eigenvalue weighted by Crippen LogP contribution is 2.39. The molecule has 2 saturated heterocycles. The summed E-state index contributed by atoms with van der Waals surface area (Å²) in [4.78, 5) is 27.4. The summed E-state index contributed by atoms with van der Waals surface area (Å²) < 4.78 is 43.0. The van der Waals surface area contributed by atoms with Gasteiger partial charge in [-0.2, -0.15) is 13.2 Å². The first-order valence-electron chi connectivity index (χ1n) is 12.0. The number of alkyl halides is 3. The molecule has 200 valence electrons. The molecule has 0 aliphatic carbocycles. The highest BCUT2D eigenvalue weighted by Gasteiger charge is 2.42. The molecule has 0 saturated carbocycles. The predicted octanol–water partition coefficient (Wildman–Crippen LogP) is 5.76. The van der Waals surface area contributed by atoms with Gasteiger partial charge in [0.15, 0.2) is 5.60 Å². The summed E-state index contributed by atoms with van der Waals surface area (Å²) in [6, 6.07) is 11.8. The van der Waals surface area contributed by atoms with Crippen LogP contribution in [0, 0.1) is 0 Å². The zero-order valence-corrected chi connectivity index (χ0v) is 21.9. The molecule has 37 heavy (non-hydrogen) atoms. The Hall–Kier alpha value is -2.65. The number of amides is 2. The summed E-state index contributed by atoms with van der Waals surface area (Å²) in [6.45, 7) is 2.02. The van der Waals surface area contributed by atoms with Crippen LogP contribution in [0.3, 0.4) is 0 Å². The number of anilines is 1. The summed E-state index contributed by atoms with van der Waals surface area (Å²) in [6.07, 6.45) is -1.03. The number of hydrogen-bond donors (Lipinski definition) is 2. The fourth-order valence-electron chi connectivity index (χ4n) is 5.02. The van der Waals surface area contributed by atoms with E-state index in [2.05, 4.69) is 10.2 Å². The van der Waals surface area contributed by atoms with Crippen LogP contribution in [0.5, 0.6) is 5.75 Å². The molecule has 2 aliphatic rings. The standard InChI is InChI=1S/C26H28Cl2F3N3O3/c1-25(2,37-20-9-10-21(27)22(28)13-20)24(36)33-16-11-18-7-8-19(12-16)34(18)17-5-3-15(4-6-17)23(35)32-14-26(29,30)31/h3-6,9-10,13,16,18-19H,7-8,11-12,14H2,1-2H3,(H,32,35)(H,33,36). The van der Waals surface area contributed by atoms with Gasteiger partial charge >= 0.3 is 6.18 Å². The van der Waals surface area contributed by atoms with Crippen molar-refractivity contribution in [2.45, 2.75) is 69.4 Å². The maximum Gasteiger partial charge on any atom is 0.405 e. The Labute approximate surface area is 223 Å². The summed E-state index contributed by atoms with van der Waals surface area (Å²) in [5, 5.41) is 5.76. The van der Waals surface area contributed by atoms with Crippen molar-refractivity contribution in [1.82, 2.24) is 10.6 Å². The van der Waals surface area contributed by atoms with Gasteiger partial charge in [0.05, 0.1) is 10.0 Å². The smallest absolute Gasteiger partial charge is 0.405 e. The van der Waals surface area contributed by atoms with Crippen molar-refractivity contribution < 1.29 is 27.5 Å². The minimum Gasteiger partial charge on any atom is -0.478 e.